The van der Waals surface area contributed by atoms with Crippen molar-refractivity contribution in [2.75, 3.05) is 5.32 Å². The number of nitrogens with zero attached hydrogens (tertiary/aromatic N) is 4. The molecule has 2 rings (SSSR count). The maximum Gasteiger partial charge on any atom is 0.224 e. The smallest absolute Gasteiger partial charge is 0.224 e. The number of hydrogen-bond acceptors (Lipinski definition) is 4. The van der Waals surface area contributed by atoms with Crippen LogP contribution in [-0.4, -0.2) is 19.7 Å². The van der Waals surface area contributed by atoms with Crippen LogP contribution in [-0.2, 0) is 20.0 Å². The first-order chi connectivity index (χ1) is 8.19. The van der Waals surface area contributed by atoms with Crippen LogP contribution in [0.3, 0.4) is 0 Å². The highest BCUT2D eigenvalue weighted by atomic mass is 35.5. The fourth-order valence-corrected chi connectivity index (χ4v) is 1.80. The Morgan fingerprint density at radius 3 is 3.00 bits per heavy atom. The molecule has 2 aromatic rings. The predicted octanol–water partition coefficient (Wildman–Crippen LogP) is 2.04. The molecule has 0 aliphatic heterocycles. The van der Waals surface area contributed by atoms with Gasteiger partial charge in [-0.25, -0.2) is 9.97 Å². The Morgan fingerprint density at radius 2 is 2.29 bits per heavy atom. The Kier molecular flexibility index (Phi) is 3.58. The van der Waals surface area contributed by atoms with Gasteiger partial charge < -0.3 is 5.32 Å². The molecule has 0 aromatic carbocycles. The van der Waals surface area contributed by atoms with Crippen LogP contribution in [0.1, 0.15) is 18.2 Å². The van der Waals surface area contributed by atoms with Gasteiger partial charge in [0.1, 0.15) is 5.82 Å². The van der Waals surface area contributed by atoms with Crippen molar-refractivity contribution in [2.24, 2.45) is 7.05 Å². The number of anilines is 1. The van der Waals surface area contributed by atoms with Crippen LogP contribution < -0.4 is 5.32 Å². The molecule has 2 heterocycles. The standard InChI is InChI=1S/C11H14ClN5/c1-3-9-8(7-17(2)16-9)6-14-10-4-5-13-11(12)15-10/h4-5,7H,3,6H2,1-2H3,(H,13,14,15). The van der Waals surface area contributed by atoms with Gasteiger partial charge in [0.2, 0.25) is 5.28 Å². The second kappa shape index (κ2) is 5.14. The Hall–Kier alpha value is -1.62. The minimum Gasteiger partial charge on any atom is -0.366 e. The van der Waals surface area contributed by atoms with Crippen LogP contribution in [0.25, 0.3) is 0 Å². The molecule has 0 aliphatic rings. The van der Waals surface area contributed by atoms with Gasteiger partial charge in [0.25, 0.3) is 0 Å². The molecule has 0 bridgehead atoms. The maximum absolute atomic E-state index is 5.71. The molecule has 0 unspecified atom stereocenters. The zero-order chi connectivity index (χ0) is 12.3. The van der Waals surface area contributed by atoms with Crippen LogP contribution in [0.5, 0.6) is 0 Å². The van der Waals surface area contributed by atoms with E-state index in [0.29, 0.717) is 6.54 Å². The van der Waals surface area contributed by atoms with Crippen molar-refractivity contribution in [2.45, 2.75) is 19.9 Å². The highest BCUT2D eigenvalue weighted by molar-refractivity contribution is 6.28. The molecule has 0 fully saturated rings. The van der Waals surface area contributed by atoms with Gasteiger partial charge in [-0.05, 0) is 24.1 Å². The average Bonchev–Trinajstić information content (AvgIpc) is 2.67. The monoisotopic (exact) mass is 251 g/mol. The number of aryl methyl sites for hydroxylation is 2. The first-order valence-corrected chi connectivity index (χ1v) is 5.80. The quantitative estimate of drug-likeness (QED) is 0.845. The average molecular weight is 252 g/mol. The van der Waals surface area contributed by atoms with Gasteiger partial charge in [0, 0.05) is 31.5 Å². The van der Waals surface area contributed by atoms with E-state index in [4.69, 9.17) is 11.6 Å². The van der Waals surface area contributed by atoms with Crippen LogP contribution in [0.15, 0.2) is 18.5 Å². The third-order valence-corrected chi connectivity index (χ3v) is 2.59. The molecule has 5 nitrogen and oxygen atoms in total. The topological polar surface area (TPSA) is 55.6 Å². The molecular weight excluding hydrogens is 238 g/mol. The van der Waals surface area contributed by atoms with Crippen LogP contribution in [0, 0.1) is 0 Å². The van der Waals surface area contributed by atoms with Crippen molar-refractivity contribution in [3.63, 3.8) is 0 Å². The van der Waals surface area contributed by atoms with E-state index in [2.05, 4.69) is 27.3 Å². The zero-order valence-corrected chi connectivity index (χ0v) is 10.6. The van der Waals surface area contributed by atoms with Gasteiger partial charge in [-0.3, -0.25) is 4.68 Å². The van der Waals surface area contributed by atoms with Crippen LogP contribution >= 0.6 is 11.6 Å². The molecule has 0 saturated carbocycles. The minimum atomic E-state index is 0.247. The lowest BCUT2D eigenvalue weighted by atomic mass is 10.2. The number of rotatable bonds is 4. The molecule has 0 saturated heterocycles. The first-order valence-electron chi connectivity index (χ1n) is 5.43. The van der Waals surface area contributed by atoms with E-state index in [1.807, 2.05) is 17.9 Å². The molecule has 0 amide bonds. The Balaban J connectivity index is 2.06. The molecule has 0 radical (unpaired) electrons. The third-order valence-electron chi connectivity index (χ3n) is 2.41. The van der Waals surface area contributed by atoms with Crippen LogP contribution in [0.2, 0.25) is 5.28 Å². The molecule has 0 aliphatic carbocycles. The summed E-state index contributed by atoms with van der Waals surface area (Å²) in [4.78, 5) is 7.90. The summed E-state index contributed by atoms with van der Waals surface area (Å²) in [5, 5.41) is 7.82. The fourth-order valence-electron chi connectivity index (χ4n) is 1.65. The van der Waals surface area contributed by atoms with Crippen LogP contribution in [0.4, 0.5) is 5.82 Å². The summed E-state index contributed by atoms with van der Waals surface area (Å²) in [7, 11) is 1.92. The van der Waals surface area contributed by atoms with Crippen molar-refractivity contribution < 1.29 is 0 Å². The Morgan fingerprint density at radius 1 is 1.47 bits per heavy atom. The molecule has 0 atom stereocenters. The van der Waals surface area contributed by atoms with E-state index >= 15 is 0 Å². The predicted molar refractivity (Wildman–Crippen MR) is 67.0 cm³/mol. The second-order valence-corrected chi connectivity index (χ2v) is 4.03. The first kappa shape index (κ1) is 11.9. The molecule has 1 N–H and O–H groups in total. The molecule has 17 heavy (non-hydrogen) atoms. The Labute approximate surface area is 105 Å². The summed E-state index contributed by atoms with van der Waals surface area (Å²) < 4.78 is 1.82. The van der Waals surface area contributed by atoms with Gasteiger partial charge >= 0.3 is 0 Å². The van der Waals surface area contributed by atoms with Gasteiger partial charge in [-0.2, -0.15) is 5.10 Å². The number of halogens is 1. The number of hydrogen-bond donors (Lipinski definition) is 1. The van der Waals surface area contributed by atoms with Crippen molar-refractivity contribution in [1.29, 1.82) is 0 Å². The van der Waals surface area contributed by atoms with Gasteiger partial charge in [0.15, 0.2) is 0 Å². The molecule has 6 heteroatoms. The Bertz CT molecular complexity index is 508. The summed E-state index contributed by atoms with van der Waals surface area (Å²) in [6.45, 7) is 2.78. The van der Waals surface area contributed by atoms with E-state index in [-0.39, 0.29) is 5.28 Å². The molecule has 2 aromatic heterocycles. The zero-order valence-electron chi connectivity index (χ0n) is 9.81. The second-order valence-electron chi connectivity index (χ2n) is 3.69. The SMILES string of the molecule is CCc1nn(C)cc1CNc1ccnc(Cl)n1. The summed E-state index contributed by atoms with van der Waals surface area (Å²) in [5.41, 5.74) is 2.27. The van der Waals surface area contributed by atoms with E-state index in [1.54, 1.807) is 12.3 Å². The lowest BCUT2D eigenvalue weighted by Gasteiger charge is -2.04. The normalized spacial score (nSPS) is 10.5. The largest absolute Gasteiger partial charge is 0.366 e. The lowest BCUT2D eigenvalue weighted by molar-refractivity contribution is 0.746. The van der Waals surface area contributed by atoms with E-state index in [0.717, 1.165) is 17.9 Å². The highest BCUT2D eigenvalue weighted by Crippen LogP contribution is 2.11. The van der Waals surface area contributed by atoms with E-state index in [1.165, 1.54) is 5.56 Å². The summed E-state index contributed by atoms with van der Waals surface area (Å²) in [6.07, 6.45) is 4.55. The number of aromatic nitrogens is 4. The highest BCUT2D eigenvalue weighted by Gasteiger charge is 2.05. The maximum atomic E-state index is 5.71. The molecular formula is C11H14ClN5. The van der Waals surface area contributed by atoms with Crippen molar-refractivity contribution >= 4 is 17.4 Å². The van der Waals surface area contributed by atoms with Crippen molar-refractivity contribution in [3.05, 3.63) is 35.0 Å². The fraction of sp³-hybridized carbons (Fsp3) is 0.364. The summed E-state index contributed by atoms with van der Waals surface area (Å²) >= 11 is 5.71. The minimum absolute atomic E-state index is 0.247. The van der Waals surface area contributed by atoms with E-state index < -0.39 is 0 Å². The summed E-state index contributed by atoms with van der Waals surface area (Å²) in [6, 6.07) is 1.79. The van der Waals surface area contributed by atoms with Crippen molar-refractivity contribution in [1.82, 2.24) is 19.7 Å². The van der Waals surface area contributed by atoms with Crippen molar-refractivity contribution in [3.8, 4) is 0 Å². The lowest BCUT2D eigenvalue weighted by Crippen LogP contribution is -2.03. The summed E-state index contributed by atoms with van der Waals surface area (Å²) in [5.74, 6) is 0.718. The van der Waals surface area contributed by atoms with E-state index in [9.17, 15) is 0 Å². The van der Waals surface area contributed by atoms with Gasteiger partial charge in [-0.15, -0.1) is 0 Å². The molecule has 90 valence electrons. The van der Waals surface area contributed by atoms with Gasteiger partial charge in [-0.1, -0.05) is 6.92 Å². The third kappa shape index (κ3) is 2.94. The van der Waals surface area contributed by atoms with Gasteiger partial charge in [0.05, 0.1) is 5.69 Å². The number of nitrogens with one attached hydrogen (secondary N) is 1. The molecule has 0 spiro atoms.